The van der Waals surface area contributed by atoms with E-state index >= 15 is 0 Å². The molecule has 6 nitrogen and oxygen atoms in total. The zero-order valence-electron chi connectivity index (χ0n) is 11.8. The summed E-state index contributed by atoms with van der Waals surface area (Å²) in [6.07, 6.45) is 0. The maximum Gasteiger partial charge on any atom is 1.00 e. The standard InChI is InChI=1S/C14H8ClNO5S.Na/c15-11-10-8(5-9(12(11)16)22(19,20)21)13(17)6-3-1-2-4-7(6)14(10)18;/h1-5H,16H2,(H,19,20,21);/q;+1. The van der Waals surface area contributed by atoms with Crippen LogP contribution in [-0.4, -0.2) is 24.5 Å². The Labute approximate surface area is 158 Å². The van der Waals surface area contributed by atoms with E-state index in [1.54, 1.807) is 12.1 Å². The molecule has 1 aliphatic carbocycles. The molecule has 0 saturated heterocycles. The Hall–Kier alpha value is -1.22. The van der Waals surface area contributed by atoms with E-state index in [1.807, 2.05) is 0 Å². The summed E-state index contributed by atoms with van der Waals surface area (Å²) >= 11 is 5.98. The molecule has 1 aliphatic rings. The molecule has 2 aromatic carbocycles. The van der Waals surface area contributed by atoms with E-state index in [9.17, 15) is 22.6 Å². The van der Waals surface area contributed by atoms with Gasteiger partial charge in [-0.25, -0.2) is 0 Å². The Bertz CT molecular complexity index is 971. The normalized spacial score (nSPS) is 13.1. The molecule has 0 atom stereocenters. The number of rotatable bonds is 1. The van der Waals surface area contributed by atoms with Crippen molar-refractivity contribution in [1.82, 2.24) is 0 Å². The molecule has 0 bridgehead atoms. The third-order valence-electron chi connectivity index (χ3n) is 3.43. The largest absolute Gasteiger partial charge is 1.00 e. The van der Waals surface area contributed by atoms with Crippen LogP contribution >= 0.6 is 11.6 Å². The number of ketones is 2. The van der Waals surface area contributed by atoms with Crippen molar-refractivity contribution in [2.24, 2.45) is 0 Å². The smallest absolute Gasteiger partial charge is 0.396 e. The van der Waals surface area contributed by atoms with E-state index in [0.29, 0.717) is 0 Å². The van der Waals surface area contributed by atoms with Crippen LogP contribution in [-0.2, 0) is 10.1 Å². The number of carbonyl (C=O) groups is 2. The van der Waals surface area contributed by atoms with Crippen molar-refractivity contribution >= 4 is 39.0 Å². The Morgan fingerprint density at radius 3 is 2.04 bits per heavy atom. The Morgan fingerprint density at radius 2 is 1.52 bits per heavy atom. The molecule has 0 radical (unpaired) electrons. The van der Waals surface area contributed by atoms with Gasteiger partial charge in [-0.15, -0.1) is 0 Å². The first-order valence-corrected chi connectivity index (χ1v) is 7.83. The summed E-state index contributed by atoms with van der Waals surface area (Å²) in [5, 5.41) is -0.363. The van der Waals surface area contributed by atoms with Crippen molar-refractivity contribution in [3.8, 4) is 0 Å². The van der Waals surface area contributed by atoms with Crippen molar-refractivity contribution in [2.75, 3.05) is 5.73 Å². The number of hydrogen-bond acceptors (Lipinski definition) is 5. The monoisotopic (exact) mass is 360 g/mol. The average Bonchev–Trinajstić information content (AvgIpc) is 2.46. The zero-order chi connectivity index (χ0) is 16.2. The van der Waals surface area contributed by atoms with Crippen LogP contribution in [0.1, 0.15) is 31.8 Å². The summed E-state index contributed by atoms with van der Waals surface area (Å²) in [6.45, 7) is 0. The van der Waals surface area contributed by atoms with Gasteiger partial charge in [0.15, 0.2) is 11.6 Å². The molecule has 0 aromatic heterocycles. The number of benzene rings is 2. The fourth-order valence-electron chi connectivity index (χ4n) is 2.42. The summed E-state index contributed by atoms with van der Waals surface area (Å²) in [4.78, 5) is 24.3. The maximum atomic E-state index is 12.5. The Balaban J connectivity index is 0.00000192. The molecule has 0 saturated carbocycles. The molecule has 0 aliphatic heterocycles. The SMILES string of the molecule is Nc1c(S(=O)(=O)O)cc2c(c1Cl)C(=O)c1ccccc1C2=O.[Na+]. The van der Waals surface area contributed by atoms with Gasteiger partial charge in [0.2, 0.25) is 0 Å². The third-order valence-corrected chi connectivity index (χ3v) is 4.72. The number of nitrogens with two attached hydrogens (primary N) is 1. The van der Waals surface area contributed by atoms with Gasteiger partial charge in [0.05, 0.1) is 16.3 Å². The first-order valence-electron chi connectivity index (χ1n) is 6.01. The van der Waals surface area contributed by atoms with Gasteiger partial charge >= 0.3 is 29.6 Å². The number of nitrogen functional groups attached to an aromatic ring is 1. The summed E-state index contributed by atoms with van der Waals surface area (Å²) in [5.74, 6) is -1.08. The number of carbonyl (C=O) groups excluding carboxylic acids is 2. The Kier molecular flexibility index (Phi) is 4.74. The van der Waals surface area contributed by atoms with Crippen molar-refractivity contribution < 1.29 is 52.1 Å². The number of fused-ring (bicyclic) bond motifs is 2. The average molecular weight is 361 g/mol. The van der Waals surface area contributed by atoms with Gasteiger partial charge in [0.25, 0.3) is 10.1 Å². The van der Waals surface area contributed by atoms with Gasteiger partial charge < -0.3 is 5.73 Å². The van der Waals surface area contributed by atoms with Crippen molar-refractivity contribution in [3.63, 3.8) is 0 Å². The molecule has 112 valence electrons. The maximum absolute atomic E-state index is 12.5. The summed E-state index contributed by atoms with van der Waals surface area (Å²) in [6, 6.07) is 6.98. The van der Waals surface area contributed by atoms with Crippen LogP contribution in [0.2, 0.25) is 5.02 Å². The molecular weight excluding hydrogens is 353 g/mol. The van der Waals surface area contributed by atoms with Crippen molar-refractivity contribution in [2.45, 2.75) is 4.90 Å². The number of hydrogen-bond donors (Lipinski definition) is 2. The van der Waals surface area contributed by atoms with Gasteiger partial charge in [0, 0.05) is 16.7 Å². The van der Waals surface area contributed by atoms with Crippen LogP contribution in [0.3, 0.4) is 0 Å². The quantitative estimate of drug-likeness (QED) is 0.325. The molecule has 0 spiro atoms. The van der Waals surface area contributed by atoms with Crippen molar-refractivity contribution in [3.05, 3.63) is 57.6 Å². The van der Waals surface area contributed by atoms with Gasteiger partial charge in [-0.3, -0.25) is 14.1 Å². The van der Waals surface area contributed by atoms with E-state index in [1.165, 1.54) is 12.1 Å². The van der Waals surface area contributed by atoms with Crippen LogP contribution in [0.15, 0.2) is 35.2 Å². The molecule has 0 unspecified atom stereocenters. The third kappa shape index (κ3) is 2.73. The summed E-state index contributed by atoms with van der Waals surface area (Å²) in [5.41, 5.74) is 5.07. The van der Waals surface area contributed by atoms with Crippen LogP contribution in [0.25, 0.3) is 0 Å². The molecule has 0 heterocycles. The number of anilines is 1. The fraction of sp³-hybridized carbons (Fsp3) is 0. The fourth-order valence-corrected chi connectivity index (χ4v) is 3.41. The van der Waals surface area contributed by atoms with E-state index < -0.39 is 32.3 Å². The van der Waals surface area contributed by atoms with Crippen LogP contribution in [0.5, 0.6) is 0 Å². The predicted octanol–water partition coefficient (Wildman–Crippen LogP) is -1.05. The first kappa shape index (κ1) is 18.1. The summed E-state index contributed by atoms with van der Waals surface area (Å²) in [7, 11) is -4.68. The van der Waals surface area contributed by atoms with Crippen molar-refractivity contribution in [1.29, 1.82) is 0 Å². The first-order chi connectivity index (χ1) is 10.2. The number of halogens is 1. The Morgan fingerprint density at radius 1 is 1.00 bits per heavy atom. The second-order valence-electron chi connectivity index (χ2n) is 4.70. The minimum absolute atomic E-state index is 0. The van der Waals surface area contributed by atoms with Gasteiger partial charge in [0.1, 0.15) is 4.90 Å². The van der Waals surface area contributed by atoms with Gasteiger partial charge in [-0.2, -0.15) is 8.42 Å². The molecule has 2 aromatic rings. The van der Waals surface area contributed by atoms with E-state index in [0.717, 1.165) is 6.07 Å². The molecule has 3 rings (SSSR count). The van der Waals surface area contributed by atoms with E-state index in [2.05, 4.69) is 0 Å². The second kappa shape index (κ2) is 6.01. The minimum atomic E-state index is -4.68. The van der Waals surface area contributed by atoms with Gasteiger partial charge in [-0.05, 0) is 6.07 Å². The molecule has 0 fully saturated rings. The predicted molar refractivity (Wildman–Crippen MR) is 79.0 cm³/mol. The molecule has 9 heteroatoms. The van der Waals surface area contributed by atoms with Crippen LogP contribution < -0.4 is 35.3 Å². The van der Waals surface area contributed by atoms with E-state index in [4.69, 9.17) is 17.3 Å². The topological polar surface area (TPSA) is 115 Å². The molecule has 3 N–H and O–H groups in total. The molecule has 23 heavy (non-hydrogen) atoms. The van der Waals surface area contributed by atoms with Crippen LogP contribution in [0, 0.1) is 0 Å². The van der Waals surface area contributed by atoms with Crippen LogP contribution in [0.4, 0.5) is 5.69 Å². The molecule has 0 amide bonds. The van der Waals surface area contributed by atoms with Gasteiger partial charge in [-0.1, -0.05) is 35.9 Å². The molecular formula is C14H8ClNNaO5S+. The minimum Gasteiger partial charge on any atom is -0.396 e. The van der Waals surface area contributed by atoms with E-state index in [-0.39, 0.29) is 56.8 Å². The second-order valence-corrected chi connectivity index (χ2v) is 6.47. The summed E-state index contributed by atoms with van der Waals surface area (Å²) < 4.78 is 31.9. The zero-order valence-corrected chi connectivity index (χ0v) is 15.4.